The second-order valence-corrected chi connectivity index (χ2v) is 10.8. The monoisotopic (exact) mass is 464 g/mol. The Morgan fingerprint density at radius 2 is 0.968 bits per heavy atom. The van der Waals surface area contributed by atoms with Crippen molar-refractivity contribution in [2.24, 2.45) is 0 Å². The van der Waals surface area contributed by atoms with Gasteiger partial charge >= 0.3 is 10.9 Å². The minimum Gasteiger partial charge on any atom is -0.414 e. The Labute approximate surface area is 194 Å². The van der Waals surface area contributed by atoms with Crippen LogP contribution >= 0.6 is 23.2 Å². The molecule has 0 atom stereocenters. The van der Waals surface area contributed by atoms with Gasteiger partial charge in [-0.2, -0.15) is 0 Å². The SMILES string of the molecule is CC(C)(C)c1cc(C(C)(C)c2ccc(OC(=O)Cl)c(C(C)(C)C)c2)ccc1OC(=O)Cl. The molecular weight excluding hydrogens is 435 g/mol. The molecule has 0 aliphatic rings. The standard InChI is InChI=1S/C25H30Cl2O4/c1-23(2,3)17-13-15(9-11-19(17)30-21(26)28)25(7,8)16-10-12-20(31-22(27)29)18(14-16)24(4,5)6/h9-14H,1-8H3. The number of carbonyl (C=O) groups is 2. The molecule has 0 spiro atoms. The van der Waals surface area contributed by atoms with E-state index in [-0.39, 0.29) is 16.2 Å². The van der Waals surface area contributed by atoms with E-state index in [2.05, 4.69) is 67.5 Å². The quantitative estimate of drug-likeness (QED) is 0.428. The van der Waals surface area contributed by atoms with Gasteiger partial charge in [0.1, 0.15) is 11.5 Å². The Morgan fingerprint density at radius 1 is 0.645 bits per heavy atom. The molecule has 31 heavy (non-hydrogen) atoms. The average molecular weight is 465 g/mol. The molecule has 0 radical (unpaired) electrons. The van der Waals surface area contributed by atoms with E-state index in [9.17, 15) is 9.59 Å². The molecule has 0 fully saturated rings. The van der Waals surface area contributed by atoms with Crippen LogP contribution in [0.25, 0.3) is 0 Å². The fourth-order valence-corrected chi connectivity index (χ4v) is 3.69. The smallest absolute Gasteiger partial charge is 0.409 e. The van der Waals surface area contributed by atoms with Gasteiger partial charge in [-0.1, -0.05) is 79.7 Å². The summed E-state index contributed by atoms with van der Waals surface area (Å²) in [6, 6.07) is 11.6. The van der Waals surface area contributed by atoms with E-state index in [1.54, 1.807) is 12.1 Å². The van der Waals surface area contributed by atoms with Crippen molar-refractivity contribution in [3.05, 3.63) is 58.7 Å². The Kier molecular flexibility index (Phi) is 7.19. The zero-order valence-electron chi connectivity index (χ0n) is 19.4. The Bertz CT molecular complexity index is 916. The van der Waals surface area contributed by atoms with Crippen LogP contribution in [0.5, 0.6) is 11.5 Å². The predicted octanol–water partition coefficient (Wildman–Crippen LogP) is 8.08. The zero-order chi connectivity index (χ0) is 23.8. The van der Waals surface area contributed by atoms with Gasteiger partial charge < -0.3 is 9.47 Å². The molecule has 0 unspecified atom stereocenters. The normalized spacial score (nSPS) is 12.5. The molecule has 0 aliphatic heterocycles. The highest BCUT2D eigenvalue weighted by atomic mass is 35.5. The van der Waals surface area contributed by atoms with Gasteiger partial charge in [0.25, 0.3) is 0 Å². The van der Waals surface area contributed by atoms with E-state index in [0.717, 1.165) is 22.3 Å². The molecule has 0 saturated heterocycles. The summed E-state index contributed by atoms with van der Waals surface area (Å²) in [4.78, 5) is 22.7. The van der Waals surface area contributed by atoms with Crippen LogP contribution in [0.2, 0.25) is 0 Å². The molecule has 2 aromatic carbocycles. The van der Waals surface area contributed by atoms with Crippen molar-refractivity contribution in [1.82, 2.24) is 0 Å². The number of ether oxygens (including phenoxy) is 2. The first-order chi connectivity index (χ1) is 14.0. The van der Waals surface area contributed by atoms with Gasteiger partial charge in [0.2, 0.25) is 0 Å². The topological polar surface area (TPSA) is 52.6 Å². The fraction of sp³-hybridized carbons (Fsp3) is 0.440. The summed E-state index contributed by atoms with van der Waals surface area (Å²) >= 11 is 10.9. The molecule has 0 saturated carbocycles. The minimum atomic E-state index is -0.864. The summed E-state index contributed by atoms with van der Waals surface area (Å²) in [7, 11) is 0. The summed E-state index contributed by atoms with van der Waals surface area (Å²) in [5.41, 5.74) is 1.24. The van der Waals surface area contributed by atoms with Gasteiger partial charge in [-0.3, -0.25) is 0 Å². The van der Waals surface area contributed by atoms with Crippen molar-refractivity contribution in [3.63, 3.8) is 0 Å². The van der Waals surface area contributed by atoms with Gasteiger partial charge in [0, 0.05) is 39.7 Å². The third-order valence-corrected chi connectivity index (χ3v) is 5.55. The summed E-state index contributed by atoms with van der Waals surface area (Å²) in [6.45, 7) is 16.6. The molecule has 2 aromatic rings. The Balaban J connectivity index is 2.63. The van der Waals surface area contributed by atoms with Crippen LogP contribution in [0, 0.1) is 0 Å². The third kappa shape index (κ3) is 6.02. The van der Waals surface area contributed by atoms with Crippen molar-refractivity contribution in [3.8, 4) is 11.5 Å². The van der Waals surface area contributed by atoms with E-state index in [4.69, 9.17) is 32.7 Å². The van der Waals surface area contributed by atoms with Crippen molar-refractivity contribution in [1.29, 1.82) is 0 Å². The van der Waals surface area contributed by atoms with Crippen molar-refractivity contribution < 1.29 is 19.1 Å². The first-order valence-corrected chi connectivity index (χ1v) is 10.8. The summed E-state index contributed by atoms with van der Waals surface area (Å²) in [5.74, 6) is 0.901. The number of benzene rings is 2. The molecule has 0 N–H and O–H groups in total. The van der Waals surface area contributed by atoms with Crippen LogP contribution in [0.1, 0.15) is 77.6 Å². The van der Waals surface area contributed by atoms with Crippen molar-refractivity contribution in [2.75, 3.05) is 0 Å². The van der Waals surface area contributed by atoms with E-state index >= 15 is 0 Å². The fourth-order valence-electron chi connectivity index (χ4n) is 3.53. The molecule has 0 bridgehead atoms. The lowest BCUT2D eigenvalue weighted by Crippen LogP contribution is -2.23. The number of hydrogen-bond donors (Lipinski definition) is 0. The maximum atomic E-state index is 11.3. The van der Waals surface area contributed by atoms with Gasteiger partial charge in [-0.05, 0) is 34.1 Å². The first-order valence-electron chi connectivity index (χ1n) is 10.1. The zero-order valence-corrected chi connectivity index (χ0v) is 20.9. The molecular formula is C25H30Cl2O4. The molecule has 0 aromatic heterocycles. The van der Waals surface area contributed by atoms with Crippen LogP contribution in [0.3, 0.4) is 0 Å². The van der Waals surface area contributed by atoms with Crippen molar-refractivity contribution >= 4 is 34.1 Å². The summed E-state index contributed by atoms with van der Waals surface area (Å²) in [5, 5.41) is 0. The number of hydrogen-bond acceptors (Lipinski definition) is 4. The average Bonchev–Trinajstić information content (AvgIpc) is 2.59. The molecule has 6 heteroatoms. The van der Waals surface area contributed by atoms with E-state index < -0.39 is 10.9 Å². The van der Waals surface area contributed by atoms with Crippen LogP contribution in [-0.2, 0) is 16.2 Å². The van der Waals surface area contributed by atoms with Gasteiger partial charge in [0.05, 0.1) is 0 Å². The molecule has 0 aliphatic carbocycles. The second-order valence-electron chi connectivity index (χ2n) is 10.2. The maximum absolute atomic E-state index is 11.3. The number of rotatable bonds is 4. The number of carbonyl (C=O) groups excluding carboxylic acids is 2. The van der Waals surface area contributed by atoms with E-state index in [0.29, 0.717) is 11.5 Å². The minimum absolute atomic E-state index is 0.261. The van der Waals surface area contributed by atoms with E-state index in [1.807, 2.05) is 12.1 Å². The molecule has 2 rings (SSSR count). The summed E-state index contributed by atoms with van der Waals surface area (Å²) in [6.07, 6.45) is 0. The van der Waals surface area contributed by atoms with Crippen LogP contribution in [-0.4, -0.2) is 10.9 Å². The lowest BCUT2D eigenvalue weighted by molar-refractivity contribution is 0.223. The van der Waals surface area contributed by atoms with Gasteiger partial charge in [0.15, 0.2) is 0 Å². The highest BCUT2D eigenvalue weighted by molar-refractivity contribution is 6.61. The van der Waals surface area contributed by atoms with Crippen LogP contribution in [0.15, 0.2) is 36.4 Å². The molecule has 4 nitrogen and oxygen atoms in total. The van der Waals surface area contributed by atoms with Gasteiger partial charge in [-0.15, -0.1) is 0 Å². The highest BCUT2D eigenvalue weighted by Crippen LogP contribution is 2.41. The lowest BCUT2D eigenvalue weighted by atomic mass is 9.73. The Morgan fingerprint density at radius 3 is 1.23 bits per heavy atom. The summed E-state index contributed by atoms with van der Waals surface area (Å²) < 4.78 is 10.5. The lowest BCUT2D eigenvalue weighted by Gasteiger charge is -2.31. The third-order valence-electron chi connectivity index (χ3n) is 5.40. The highest BCUT2D eigenvalue weighted by Gasteiger charge is 2.30. The van der Waals surface area contributed by atoms with Gasteiger partial charge in [-0.25, -0.2) is 9.59 Å². The molecule has 0 amide bonds. The maximum Gasteiger partial charge on any atom is 0.409 e. The first kappa shape index (κ1) is 25.2. The van der Waals surface area contributed by atoms with Crippen LogP contribution in [0.4, 0.5) is 9.59 Å². The molecule has 0 heterocycles. The second kappa shape index (κ2) is 8.84. The van der Waals surface area contributed by atoms with Crippen molar-refractivity contribution in [2.45, 2.75) is 71.6 Å². The Hall–Kier alpha value is -2.04. The van der Waals surface area contributed by atoms with Crippen LogP contribution < -0.4 is 9.47 Å². The predicted molar refractivity (Wildman–Crippen MR) is 126 cm³/mol. The number of halogens is 2. The van der Waals surface area contributed by atoms with E-state index in [1.165, 1.54) is 0 Å². The molecule has 168 valence electrons. The largest absolute Gasteiger partial charge is 0.414 e.